The van der Waals surface area contributed by atoms with Gasteiger partial charge in [-0.2, -0.15) is 4.72 Å². The van der Waals surface area contributed by atoms with E-state index in [0.29, 0.717) is 0 Å². The normalized spacial score (nSPS) is 10.6. The largest absolute Gasteiger partial charge is 0.253 e. The third-order valence-electron chi connectivity index (χ3n) is 0.568. The summed E-state index contributed by atoms with van der Waals surface area (Å²) in [7, 11) is -3.20. The maximum atomic E-state index is 10.3. The molecular weight excluding hydrogens is 146 g/mol. The zero-order valence-electron chi connectivity index (χ0n) is 4.36. The van der Waals surface area contributed by atoms with Crippen LogP contribution in [0.4, 0.5) is 0 Å². The Morgan fingerprint density at radius 2 is 2.25 bits per heavy atom. The van der Waals surface area contributed by atoms with E-state index in [9.17, 15) is 8.42 Å². The Morgan fingerprint density at radius 3 is 2.38 bits per heavy atom. The van der Waals surface area contributed by atoms with Crippen LogP contribution in [0.2, 0.25) is 0 Å². The molecule has 0 atom stereocenters. The molecule has 0 saturated heterocycles. The average Bonchev–Trinajstić information content (AvgIpc) is 1.67. The van der Waals surface area contributed by atoms with Crippen molar-refractivity contribution in [2.45, 2.75) is 6.92 Å². The van der Waals surface area contributed by atoms with Crippen LogP contribution in [0.3, 0.4) is 0 Å². The summed E-state index contributed by atoms with van der Waals surface area (Å²) in [6.45, 7) is 1.51. The van der Waals surface area contributed by atoms with Crippen LogP contribution in [0.15, 0.2) is 0 Å². The number of nitrogens with zero attached hydrogens (tertiary/aromatic N) is 1. The highest BCUT2D eigenvalue weighted by Gasteiger charge is 2.02. The second-order valence-corrected chi connectivity index (χ2v) is 3.24. The summed E-state index contributed by atoms with van der Waals surface area (Å²) in [6.07, 6.45) is 0. The van der Waals surface area contributed by atoms with Gasteiger partial charge < -0.3 is 0 Å². The minimum Gasteiger partial charge on any atom is -0.205 e. The molecule has 3 nitrogen and oxygen atoms in total. The zero-order valence-corrected chi connectivity index (χ0v) is 6.00. The van der Waals surface area contributed by atoms with Gasteiger partial charge in [-0.3, -0.25) is 0 Å². The second-order valence-electron chi connectivity index (χ2n) is 1.08. The Bertz CT molecular complexity index is 160. The molecule has 8 heavy (non-hydrogen) atoms. The molecule has 0 N–H and O–H groups in total. The Labute approximate surface area is 54.1 Å². The predicted octanol–water partition coefficient (Wildman–Crippen LogP) is -0.102. The fraction of sp³-hybridized carbons (Fsp3) is 0.667. The van der Waals surface area contributed by atoms with Crippen LogP contribution in [0.1, 0.15) is 6.92 Å². The van der Waals surface area contributed by atoms with Gasteiger partial charge in [-0.05, 0) is 6.92 Å². The molecular formula is C3H6NO2S2. The maximum Gasteiger partial charge on any atom is 0.253 e. The lowest BCUT2D eigenvalue weighted by Gasteiger charge is -1.90. The van der Waals surface area contributed by atoms with Crippen molar-refractivity contribution in [1.29, 1.82) is 0 Å². The summed E-state index contributed by atoms with van der Waals surface area (Å²) < 4.78 is 23.7. The second kappa shape index (κ2) is 2.99. The van der Waals surface area contributed by atoms with Crippen LogP contribution in [-0.2, 0) is 10.0 Å². The third kappa shape index (κ3) is 2.92. The Balaban J connectivity index is 3.94. The Hall–Kier alpha value is -0.160. The van der Waals surface area contributed by atoms with Gasteiger partial charge >= 0.3 is 0 Å². The van der Waals surface area contributed by atoms with Crippen molar-refractivity contribution in [2.24, 2.45) is 0 Å². The van der Waals surface area contributed by atoms with Crippen molar-refractivity contribution in [3.05, 3.63) is 0 Å². The maximum absolute atomic E-state index is 10.3. The van der Waals surface area contributed by atoms with E-state index in [2.05, 4.69) is 16.9 Å². The van der Waals surface area contributed by atoms with Crippen LogP contribution >= 0.6 is 12.2 Å². The van der Waals surface area contributed by atoms with Gasteiger partial charge in [0.25, 0.3) is 10.0 Å². The highest BCUT2D eigenvalue weighted by Crippen LogP contribution is 1.79. The monoisotopic (exact) mass is 152 g/mol. The van der Waals surface area contributed by atoms with Crippen LogP contribution in [-0.4, -0.2) is 19.7 Å². The van der Waals surface area contributed by atoms with E-state index in [-0.39, 0.29) is 5.75 Å². The summed E-state index contributed by atoms with van der Waals surface area (Å²) in [4.78, 5) is 0. The van der Waals surface area contributed by atoms with E-state index >= 15 is 0 Å². The molecule has 0 heterocycles. The Kier molecular flexibility index (Phi) is 2.93. The molecule has 47 valence electrons. The van der Waals surface area contributed by atoms with Crippen molar-refractivity contribution in [2.75, 3.05) is 5.75 Å². The fourth-order valence-electron chi connectivity index (χ4n) is 0.140. The molecule has 0 fully saturated rings. The predicted molar refractivity (Wildman–Crippen MR) is 35.2 cm³/mol. The van der Waals surface area contributed by atoms with Crippen molar-refractivity contribution in [3.63, 3.8) is 0 Å². The molecule has 1 radical (unpaired) electrons. The van der Waals surface area contributed by atoms with Crippen LogP contribution in [0.25, 0.3) is 0 Å². The zero-order chi connectivity index (χ0) is 6.62. The van der Waals surface area contributed by atoms with E-state index in [1.54, 1.807) is 0 Å². The molecule has 0 aromatic rings. The molecule has 0 saturated carbocycles. The molecule has 0 aliphatic carbocycles. The van der Waals surface area contributed by atoms with E-state index < -0.39 is 10.0 Å². The summed E-state index contributed by atoms with van der Waals surface area (Å²) in [5, 5.41) is 0. The summed E-state index contributed by atoms with van der Waals surface area (Å²) in [5.41, 5.74) is 0.860. The van der Waals surface area contributed by atoms with Crippen molar-refractivity contribution in [1.82, 2.24) is 4.72 Å². The molecule has 0 amide bonds. The summed E-state index contributed by atoms with van der Waals surface area (Å²) >= 11 is 4.20. The first kappa shape index (κ1) is 7.84. The Morgan fingerprint density at radius 1 is 1.75 bits per heavy atom. The highest BCUT2D eigenvalue weighted by atomic mass is 32.2. The molecule has 0 rings (SSSR count). The fourth-order valence-corrected chi connectivity index (χ4v) is 0.814. The van der Waals surface area contributed by atoms with Crippen LogP contribution in [0.5, 0.6) is 0 Å². The lowest BCUT2D eigenvalue weighted by Crippen LogP contribution is -2.15. The van der Waals surface area contributed by atoms with E-state index in [4.69, 9.17) is 0 Å². The average molecular weight is 152 g/mol. The molecule has 0 aromatic heterocycles. The van der Waals surface area contributed by atoms with Crippen molar-refractivity contribution >= 4 is 27.7 Å². The number of sulfonamides is 1. The van der Waals surface area contributed by atoms with Gasteiger partial charge in [0.2, 0.25) is 0 Å². The molecule has 0 unspecified atom stereocenters. The molecule has 0 spiro atoms. The van der Waals surface area contributed by atoms with Crippen molar-refractivity contribution in [3.8, 4) is 0 Å². The topological polar surface area (TPSA) is 48.2 Å². The van der Waals surface area contributed by atoms with Gasteiger partial charge in [0, 0.05) is 0 Å². The minimum atomic E-state index is -3.20. The van der Waals surface area contributed by atoms with Gasteiger partial charge in [0.05, 0.1) is 5.75 Å². The quantitative estimate of drug-likeness (QED) is 0.530. The lowest BCUT2D eigenvalue weighted by molar-refractivity contribution is 0.594. The van der Waals surface area contributed by atoms with E-state index in [0.717, 1.165) is 5.49 Å². The molecule has 0 bridgehead atoms. The van der Waals surface area contributed by atoms with Crippen LogP contribution in [0, 0.1) is 0 Å². The number of thiocarbonyl (C=S) groups is 1. The summed E-state index contributed by atoms with van der Waals surface area (Å²) in [6, 6.07) is 0. The van der Waals surface area contributed by atoms with Gasteiger partial charge in [-0.25, -0.2) is 8.42 Å². The minimum absolute atomic E-state index is 0.0140. The first-order valence-corrected chi connectivity index (χ1v) is 4.09. The third-order valence-corrected chi connectivity index (χ3v) is 1.96. The standard InChI is InChI=1S/C3H6NO2S2/c1-2-8(5,6)4-3-7/h3H,2H2,1H3. The molecule has 0 aromatic carbocycles. The van der Waals surface area contributed by atoms with E-state index in [1.165, 1.54) is 6.92 Å². The first-order chi connectivity index (χ1) is 3.62. The molecule has 0 aliphatic heterocycles. The number of rotatable bonds is 3. The number of hydrogen-bond donors (Lipinski definition) is 0. The van der Waals surface area contributed by atoms with Gasteiger partial charge in [-0.1, -0.05) is 12.2 Å². The van der Waals surface area contributed by atoms with Crippen molar-refractivity contribution < 1.29 is 8.42 Å². The first-order valence-electron chi connectivity index (χ1n) is 2.01. The molecule has 5 heteroatoms. The van der Waals surface area contributed by atoms with Gasteiger partial charge in [0.15, 0.2) is 0 Å². The van der Waals surface area contributed by atoms with Gasteiger partial charge in [-0.15, -0.1) is 0 Å². The molecule has 0 aliphatic rings. The highest BCUT2D eigenvalue weighted by molar-refractivity contribution is 7.91. The summed E-state index contributed by atoms with van der Waals surface area (Å²) in [5.74, 6) is 0.0140. The van der Waals surface area contributed by atoms with E-state index in [1.807, 2.05) is 0 Å². The number of hydrogen-bond acceptors (Lipinski definition) is 3. The van der Waals surface area contributed by atoms with Gasteiger partial charge in [0.1, 0.15) is 5.49 Å². The van der Waals surface area contributed by atoms with Crippen LogP contribution < -0.4 is 4.72 Å². The lowest BCUT2D eigenvalue weighted by atomic mass is 11.0. The SMILES string of the molecule is CCS(=O)(=O)[N]C=S. The smallest absolute Gasteiger partial charge is 0.205 e.